The van der Waals surface area contributed by atoms with Crippen LogP contribution in [0.2, 0.25) is 0 Å². The van der Waals surface area contributed by atoms with Crippen LogP contribution < -0.4 is 10.6 Å². The minimum atomic E-state index is -0.131. The Morgan fingerprint density at radius 1 is 1.14 bits per heavy atom. The molecule has 1 saturated heterocycles. The number of aryl methyl sites for hydroxylation is 2. The summed E-state index contributed by atoms with van der Waals surface area (Å²) >= 11 is 0. The van der Waals surface area contributed by atoms with Gasteiger partial charge in [0.05, 0.1) is 0 Å². The van der Waals surface area contributed by atoms with Gasteiger partial charge in [0.15, 0.2) is 0 Å². The summed E-state index contributed by atoms with van der Waals surface area (Å²) in [7, 11) is 0. The lowest BCUT2D eigenvalue weighted by atomic mass is 9.91. The topological polar surface area (TPSA) is 78.4 Å². The third-order valence-corrected chi connectivity index (χ3v) is 5.54. The van der Waals surface area contributed by atoms with Gasteiger partial charge in [-0.1, -0.05) is 24.3 Å². The molecule has 1 fully saturated rings. The van der Waals surface area contributed by atoms with E-state index in [-0.39, 0.29) is 23.5 Å². The molecule has 4 rings (SSSR count). The Hall–Kier alpha value is -3.34. The molecule has 148 valence electrons. The Morgan fingerprint density at radius 2 is 1.90 bits per heavy atom. The first-order chi connectivity index (χ1) is 13.9. The second-order valence-corrected chi connectivity index (χ2v) is 7.78. The summed E-state index contributed by atoms with van der Waals surface area (Å²) in [6.45, 7) is 5.09. The van der Waals surface area contributed by atoms with Crippen molar-refractivity contribution in [3.63, 3.8) is 0 Å². The average Bonchev–Trinajstić information content (AvgIpc) is 3.10. The summed E-state index contributed by atoms with van der Waals surface area (Å²) in [6.07, 6.45) is 0.465. The smallest absolute Gasteiger partial charge is 0.251 e. The summed E-state index contributed by atoms with van der Waals surface area (Å²) in [5.41, 5.74) is 4.81. The number of carbonyl (C=O) groups excluding carboxylic acids is 2. The molecule has 0 bridgehead atoms. The van der Waals surface area contributed by atoms with Gasteiger partial charge in [-0.3, -0.25) is 9.59 Å². The lowest BCUT2D eigenvalue weighted by Gasteiger charge is -2.14. The number of fused-ring (bicyclic) bond motifs is 1. The summed E-state index contributed by atoms with van der Waals surface area (Å²) in [5, 5.41) is 17.6. The first kappa shape index (κ1) is 19.0. The molecule has 1 heterocycles. The van der Waals surface area contributed by atoms with Crippen LogP contribution in [0.4, 0.5) is 0 Å². The number of hydrogen-bond acceptors (Lipinski definition) is 3. The van der Waals surface area contributed by atoms with Crippen molar-refractivity contribution < 1.29 is 14.7 Å². The molecule has 0 spiro atoms. The van der Waals surface area contributed by atoms with Gasteiger partial charge in [-0.25, -0.2) is 0 Å². The van der Waals surface area contributed by atoms with Crippen molar-refractivity contribution >= 4 is 22.6 Å². The summed E-state index contributed by atoms with van der Waals surface area (Å²) in [5.74, 6) is 0.331. The van der Waals surface area contributed by atoms with Crippen LogP contribution in [0.25, 0.3) is 21.9 Å². The van der Waals surface area contributed by atoms with Crippen LogP contribution in [0.15, 0.2) is 48.5 Å². The first-order valence-corrected chi connectivity index (χ1v) is 9.80. The van der Waals surface area contributed by atoms with Gasteiger partial charge in [-0.15, -0.1) is 0 Å². The van der Waals surface area contributed by atoms with Crippen LogP contribution in [0.1, 0.15) is 27.9 Å². The molecule has 1 atom stereocenters. The number of hydrogen-bond donors (Lipinski definition) is 3. The summed E-state index contributed by atoms with van der Waals surface area (Å²) in [4.78, 5) is 23.9. The Labute approximate surface area is 169 Å². The second kappa shape index (κ2) is 7.59. The van der Waals surface area contributed by atoms with Crippen molar-refractivity contribution in [3.8, 4) is 16.9 Å². The highest BCUT2D eigenvalue weighted by Crippen LogP contribution is 2.35. The molecule has 3 aromatic rings. The number of nitrogens with one attached hydrogen (secondary N) is 2. The van der Waals surface area contributed by atoms with Crippen LogP contribution in [-0.4, -0.2) is 30.0 Å². The maximum absolute atomic E-state index is 12.6. The number of amides is 2. The molecule has 5 nitrogen and oxygen atoms in total. The monoisotopic (exact) mass is 388 g/mol. The van der Waals surface area contributed by atoms with E-state index in [1.165, 1.54) is 0 Å². The molecule has 3 N–H and O–H groups in total. The molecule has 0 saturated carbocycles. The second-order valence-electron chi connectivity index (χ2n) is 7.78. The molecule has 1 unspecified atom stereocenters. The maximum atomic E-state index is 12.6. The van der Waals surface area contributed by atoms with Crippen molar-refractivity contribution in [1.82, 2.24) is 10.6 Å². The number of aromatic hydroxyl groups is 1. The van der Waals surface area contributed by atoms with Crippen LogP contribution >= 0.6 is 0 Å². The highest BCUT2D eigenvalue weighted by molar-refractivity contribution is 6.03. The van der Waals surface area contributed by atoms with E-state index in [2.05, 4.69) is 16.7 Å². The number of benzene rings is 3. The molecule has 0 aromatic heterocycles. The molecule has 5 heteroatoms. The quantitative estimate of drug-likeness (QED) is 0.638. The number of phenolic OH excluding ortho intramolecular Hbond substituents is 1. The number of rotatable bonds is 4. The van der Waals surface area contributed by atoms with Gasteiger partial charge >= 0.3 is 0 Å². The number of phenols is 1. The third-order valence-electron chi connectivity index (χ3n) is 5.54. The average molecular weight is 388 g/mol. The fourth-order valence-electron chi connectivity index (χ4n) is 4.16. The largest absolute Gasteiger partial charge is 0.508 e. The summed E-state index contributed by atoms with van der Waals surface area (Å²) in [6, 6.07) is 15.3. The fourth-order valence-corrected chi connectivity index (χ4v) is 4.16. The van der Waals surface area contributed by atoms with Gasteiger partial charge in [0.2, 0.25) is 5.91 Å². The van der Waals surface area contributed by atoms with Gasteiger partial charge in [0.1, 0.15) is 5.75 Å². The normalized spacial score (nSPS) is 16.1. The van der Waals surface area contributed by atoms with E-state index in [9.17, 15) is 14.7 Å². The molecular weight excluding hydrogens is 364 g/mol. The van der Waals surface area contributed by atoms with E-state index < -0.39 is 0 Å². The Balaban J connectivity index is 1.63. The van der Waals surface area contributed by atoms with Crippen molar-refractivity contribution in [1.29, 1.82) is 0 Å². The van der Waals surface area contributed by atoms with Crippen LogP contribution in [0.5, 0.6) is 5.75 Å². The summed E-state index contributed by atoms with van der Waals surface area (Å²) < 4.78 is 0. The standard InChI is InChI=1S/C24H24N2O3/c1-14-8-19(27)9-15(2)23(14)21-5-3-4-17-11-18(6-7-20(17)21)24(29)26-13-16-10-22(28)25-12-16/h3-9,11,16,27H,10,12-13H2,1-2H3,(H,25,28)(H,26,29). The SMILES string of the molecule is Cc1cc(O)cc(C)c1-c1cccc2cc(C(=O)NCC3CNC(=O)C3)ccc12. The Kier molecular flexibility index (Phi) is 4.97. The molecular formula is C24H24N2O3. The fraction of sp³-hybridized carbons (Fsp3) is 0.250. The molecule has 1 aliphatic rings. The minimum absolute atomic E-state index is 0.0438. The van der Waals surface area contributed by atoms with Gasteiger partial charge in [-0.2, -0.15) is 0 Å². The van der Waals surface area contributed by atoms with E-state index in [4.69, 9.17) is 0 Å². The maximum Gasteiger partial charge on any atom is 0.251 e. The molecule has 0 radical (unpaired) electrons. The van der Waals surface area contributed by atoms with Gasteiger partial charge in [0, 0.05) is 31.0 Å². The molecule has 1 aliphatic heterocycles. The molecule has 29 heavy (non-hydrogen) atoms. The lowest BCUT2D eigenvalue weighted by Crippen LogP contribution is -2.30. The minimum Gasteiger partial charge on any atom is -0.508 e. The Bertz CT molecular complexity index is 1100. The molecule has 0 aliphatic carbocycles. The Morgan fingerprint density at radius 3 is 2.59 bits per heavy atom. The van der Waals surface area contributed by atoms with E-state index >= 15 is 0 Å². The van der Waals surface area contributed by atoms with Gasteiger partial charge in [0.25, 0.3) is 5.91 Å². The third kappa shape index (κ3) is 3.81. The van der Waals surface area contributed by atoms with E-state index in [1.54, 1.807) is 12.1 Å². The van der Waals surface area contributed by atoms with Gasteiger partial charge < -0.3 is 15.7 Å². The van der Waals surface area contributed by atoms with Crippen molar-refractivity contribution in [2.75, 3.05) is 13.1 Å². The zero-order chi connectivity index (χ0) is 20.5. The van der Waals surface area contributed by atoms with Crippen molar-refractivity contribution in [3.05, 3.63) is 65.2 Å². The van der Waals surface area contributed by atoms with E-state index in [0.717, 1.165) is 33.0 Å². The van der Waals surface area contributed by atoms with Crippen LogP contribution in [-0.2, 0) is 4.79 Å². The predicted octanol–water partition coefficient (Wildman–Crippen LogP) is 3.70. The van der Waals surface area contributed by atoms with Crippen molar-refractivity contribution in [2.24, 2.45) is 5.92 Å². The number of carbonyl (C=O) groups is 2. The highest BCUT2D eigenvalue weighted by Gasteiger charge is 2.22. The predicted molar refractivity (Wildman–Crippen MR) is 114 cm³/mol. The molecule has 3 aromatic carbocycles. The zero-order valence-electron chi connectivity index (χ0n) is 16.6. The van der Waals surface area contributed by atoms with Gasteiger partial charge in [-0.05, 0) is 71.1 Å². The first-order valence-electron chi connectivity index (χ1n) is 9.80. The highest BCUT2D eigenvalue weighted by atomic mass is 16.3. The van der Waals surface area contributed by atoms with Crippen molar-refractivity contribution in [2.45, 2.75) is 20.3 Å². The van der Waals surface area contributed by atoms with E-state index in [0.29, 0.717) is 25.1 Å². The lowest BCUT2D eigenvalue weighted by molar-refractivity contribution is -0.119. The zero-order valence-corrected chi connectivity index (χ0v) is 16.6. The van der Waals surface area contributed by atoms with Crippen LogP contribution in [0, 0.1) is 19.8 Å². The molecule has 2 amide bonds. The van der Waals surface area contributed by atoms with E-state index in [1.807, 2.05) is 44.2 Å². The van der Waals surface area contributed by atoms with Crippen LogP contribution in [0.3, 0.4) is 0 Å².